The second-order valence-electron chi connectivity index (χ2n) is 3.36. The van der Waals surface area contributed by atoms with Gasteiger partial charge in [-0.05, 0) is 6.92 Å². The lowest BCUT2D eigenvalue weighted by atomic mass is 10.2. The van der Waals surface area contributed by atoms with Gasteiger partial charge in [0.1, 0.15) is 0 Å². The lowest BCUT2D eigenvalue weighted by Gasteiger charge is -2.17. The van der Waals surface area contributed by atoms with Crippen LogP contribution < -0.4 is 0 Å². The molecular weight excluding hydrogens is 264 g/mol. The lowest BCUT2D eigenvalue weighted by molar-refractivity contribution is -0.183. The average molecular weight is 279 g/mol. The van der Waals surface area contributed by atoms with Crippen molar-refractivity contribution in [1.82, 2.24) is 0 Å². The number of halogens is 1. The van der Waals surface area contributed by atoms with E-state index in [1.54, 1.807) is 13.8 Å². The molecule has 0 heterocycles. The van der Waals surface area contributed by atoms with E-state index in [-0.39, 0.29) is 16.8 Å². The van der Waals surface area contributed by atoms with Crippen LogP contribution in [0.15, 0.2) is 12.2 Å². The Bertz CT molecular complexity index is 260. The normalized spacial score (nSPS) is 12.1. The highest BCUT2D eigenvalue weighted by molar-refractivity contribution is 9.09. The summed E-state index contributed by atoms with van der Waals surface area (Å²) in [5.74, 6) is -1.24. The minimum Gasteiger partial charge on any atom is -0.424 e. The van der Waals surface area contributed by atoms with E-state index in [9.17, 15) is 9.59 Å². The summed E-state index contributed by atoms with van der Waals surface area (Å²) >= 11 is 3.09. The van der Waals surface area contributed by atoms with Gasteiger partial charge in [0.2, 0.25) is 0 Å². The van der Waals surface area contributed by atoms with Crippen LogP contribution in [0.3, 0.4) is 0 Å². The first-order chi connectivity index (χ1) is 6.88. The van der Waals surface area contributed by atoms with Crippen molar-refractivity contribution in [2.45, 2.75) is 27.1 Å². The third-order valence-corrected chi connectivity index (χ3v) is 1.96. The molecule has 15 heavy (non-hydrogen) atoms. The largest absolute Gasteiger partial charge is 0.424 e. The minimum atomic E-state index is -0.899. The van der Waals surface area contributed by atoms with Gasteiger partial charge < -0.3 is 9.47 Å². The van der Waals surface area contributed by atoms with Crippen LogP contribution in [0.1, 0.15) is 20.8 Å². The molecule has 86 valence electrons. The van der Waals surface area contributed by atoms with E-state index in [0.717, 1.165) is 0 Å². The minimum absolute atomic E-state index is 0.241. The third kappa shape index (κ3) is 5.57. The van der Waals surface area contributed by atoms with Crippen molar-refractivity contribution in [2.75, 3.05) is 5.33 Å². The molecule has 0 radical (unpaired) electrons. The van der Waals surface area contributed by atoms with Gasteiger partial charge in [-0.15, -0.1) is 0 Å². The van der Waals surface area contributed by atoms with Crippen molar-refractivity contribution in [2.24, 2.45) is 5.92 Å². The first kappa shape index (κ1) is 14.2. The number of esters is 2. The van der Waals surface area contributed by atoms with Crippen LogP contribution in [-0.4, -0.2) is 23.6 Å². The van der Waals surface area contributed by atoms with Crippen molar-refractivity contribution in [3.8, 4) is 0 Å². The molecule has 0 aromatic carbocycles. The van der Waals surface area contributed by atoms with E-state index in [1.807, 2.05) is 0 Å². The van der Waals surface area contributed by atoms with E-state index in [1.165, 1.54) is 6.92 Å². The summed E-state index contributed by atoms with van der Waals surface area (Å²) in [6.45, 7) is 8.36. The molecule has 0 aromatic rings. The highest BCUT2D eigenvalue weighted by atomic mass is 79.9. The van der Waals surface area contributed by atoms with Gasteiger partial charge in [-0.25, -0.2) is 4.79 Å². The Kier molecular flexibility index (Phi) is 6.24. The third-order valence-electron chi connectivity index (χ3n) is 1.43. The first-order valence-corrected chi connectivity index (χ1v) is 5.63. The van der Waals surface area contributed by atoms with E-state index in [0.29, 0.717) is 0 Å². The maximum Gasteiger partial charge on any atom is 0.336 e. The first-order valence-electron chi connectivity index (χ1n) is 4.51. The predicted octanol–water partition coefficient (Wildman–Crippen LogP) is 2.03. The Morgan fingerprint density at radius 3 is 2.20 bits per heavy atom. The van der Waals surface area contributed by atoms with Crippen LogP contribution in [0, 0.1) is 5.92 Å². The lowest BCUT2D eigenvalue weighted by Crippen LogP contribution is -2.28. The van der Waals surface area contributed by atoms with E-state index in [2.05, 4.69) is 22.5 Å². The Morgan fingerprint density at radius 2 is 1.87 bits per heavy atom. The van der Waals surface area contributed by atoms with Crippen LogP contribution in [0.5, 0.6) is 0 Å². The monoisotopic (exact) mass is 278 g/mol. The molecule has 0 aliphatic rings. The van der Waals surface area contributed by atoms with Crippen molar-refractivity contribution < 1.29 is 19.1 Å². The van der Waals surface area contributed by atoms with E-state index >= 15 is 0 Å². The Hall–Kier alpha value is -0.840. The van der Waals surface area contributed by atoms with Crippen molar-refractivity contribution >= 4 is 27.9 Å². The highest BCUT2D eigenvalue weighted by Gasteiger charge is 2.19. The molecule has 0 bridgehead atoms. The number of rotatable bonds is 5. The number of hydrogen-bond donors (Lipinski definition) is 0. The number of alkyl halides is 1. The number of carbonyl (C=O) groups excluding carboxylic acids is 2. The summed E-state index contributed by atoms with van der Waals surface area (Å²) in [6, 6.07) is 0. The molecule has 4 nitrogen and oxygen atoms in total. The standard InChI is InChI=1S/C10H15BrO4/c1-6(2)9(12)14-8(5-11)15-10(13)7(3)4/h7-8H,1,5H2,2-4H3. The van der Waals surface area contributed by atoms with Crippen LogP contribution in [0.25, 0.3) is 0 Å². The zero-order chi connectivity index (χ0) is 12.0. The van der Waals surface area contributed by atoms with Crippen molar-refractivity contribution in [3.05, 3.63) is 12.2 Å². The quantitative estimate of drug-likeness (QED) is 0.334. The predicted molar refractivity (Wildman–Crippen MR) is 59.4 cm³/mol. The average Bonchev–Trinajstić information content (AvgIpc) is 2.15. The van der Waals surface area contributed by atoms with E-state index in [4.69, 9.17) is 9.47 Å². The molecule has 0 N–H and O–H groups in total. The summed E-state index contributed by atoms with van der Waals surface area (Å²) in [5.41, 5.74) is 0.265. The van der Waals surface area contributed by atoms with Gasteiger partial charge in [0, 0.05) is 5.57 Å². The number of carbonyl (C=O) groups is 2. The Morgan fingerprint density at radius 1 is 1.33 bits per heavy atom. The summed E-state index contributed by atoms with van der Waals surface area (Å²) < 4.78 is 9.77. The van der Waals surface area contributed by atoms with Gasteiger partial charge in [0.05, 0.1) is 11.2 Å². The molecule has 0 spiro atoms. The molecule has 0 fully saturated rings. The zero-order valence-corrected chi connectivity index (χ0v) is 10.7. The van der Waals surface area contributed by atoms with Crippen LogP contribution in [0.2, 0.25) is 0 Å². The molecule has 0 rings (SSSR count). The van der Waals surface area contributed by atoms with Gasteiger partial charge >= 0.3 is 11.9 Å². The molecule has 5 heteroatoms. The van der Waals surface area contributed by atoms with Crippen LogP contribution in [-0.2, 0) is 19.1 Å². The fourth-order valence-corrected chi connectivity index (χ4v) is 0.837. The molecule has 0 aliphatic heterocycles. The second kappa shape index (κ2) is 6.61. The summed E-state index contributed by atoms with van der Waals surface area (Å²) in [4.78, 5) is 22.3. The van der Waals surface area contributed by atoms with Crippen LogP contribution in [0.4, 0.5) is 0 Å². The maximum absolute atomic E-state index is 11.2. The van der Waals surface area contributed by atoms with E-state index < -0.39 is 18.2 Å². The van der Waals surface area contributed by atoms with Crippen LogP contribution >= 0.6 is 15.9 Å². The fourth-order valence-electron chi connectivity index (χ4n) is 0.573. The Labute approximate surface area is 97.8 Å². The summed E-state index contributed by atoms with van der Waals surface area (Å²) in [5, 5.41) is 0.241. The number of hydrogen-bond acceptors (Lipinski definition) is 4. The molecule has 0 aromatic heterocycles. The van der Waals surface area contributed by atoms with Crippen molar-refractivity contribution in [1.29, 1.82) is 0 Å². The smallest absolute Gasteiger partial charge is 0.336 e. The molecule has 0 aliphatic carbocycles. The van der Waals surface area contributed by atoms with Crippen molar-refractivity contribution in [3.63, 3.8) is 0 Å². The molecule has 0 saturated carbocycles. The molecule has 0 amide bonds. The molecule has 0 saturated heterocycles. The second-order valence-corrected chi connectivity index (χ2v) is 4.01. The molecule has 1 unspecified atom stereocenters. The van der Waals surface area contributed by atoms with Gasteiger partial charge in [-0.1, -0.05) is 36.4 Å². The van der Waals surface area contributed by atoms with Gasteiger partial charge in [0.15, 0.2) is 0 Å². The highest BCUT2D eigenvalue weighted by Crippen LogP contribution is 2.07. The molecular formula is C10H15BrO4. The SMILES string of the molecule is C=C(C)C(=O)OC(CBr)OC(=O)C(C)C. The number of ether oxygens (including phenoxy) is 2. The summed E-state index contributed by atoms with van der Waals surface area (Å²) in [6.07, 6.45) is -0.899. The molecule has 1 atom stereocenters. The fraction of sp³-hybridized carbons (Fsp3) is 0.600. The Balaban J connectivity index is 4.21. The van der Waals surface area contributed by atoms with Gasteiger partial charge in [-0.3, -0.25) is 4.79 Å². The topological polar surface area (TPSA) is 52.6 Å². The van der Waals surface area contributed by atoms with Gasteiger partial charge in [0.25, 0.3) is 6.29 Å². The zero-order valence-electron chi connectivity index (χ0n) is 9.08. The summed E-state index contributed by atoms with van der Waals surface area (Å²) in [7, 11) is 0. The van der Waals surface area contributed by atoms with Gasteiger partial charge in [-0.2, -0.15) is 0 Å². The maximum atomic E-state index is 11.2.